The molecule has 0 amide bonds. The second-order valence-corrected chi connectivity index (χ2v) is 4.64. The second-order valence-electron chi connectivity index (χ2n) is 4.64. The molecule has 20 heavy (non-hydrogen) atoms. The third kappa shape index (κ3) is 3.60. The Morgan fingerprint density at radius 2 is 2.15 bits per heavy atom. The minimum atomic E-state index is 0.180. The number of hydrogen-bond acceptors (Lipinski definition) is 3. The number of aryl methyl sites for hydroxylation is 1. The van der Waals surface area contributed by atoms with E-state index in [0.29, 0.717) is 6.54 Å². The van der Waals surface area contributed by atoms with Crippen molar-refractivity contribution in [3.8, 4) is 0 Å². The Labute approximate surface area is 119 Å². The molecule has 2 aromatic rings. The van der Waals surface area contributed by atoms with Crippen molar-refractivity contribution in [2.75, 3.05) is 7.05 Å². The van der Waals surface area contributed by atoms with Crippen LogP contribution in [-0.4, -0.2) is 18.2 Å². The van der Waals surface area contributed by atoms with Crippen LogP contribution in [0.25, 0.3) is 0 Å². The largest absolute Gasteiger partial charge is 0.364 e. The zero-order chi connectivity index (χ0) is 14.4. The molecule has 0 aliphatic rings. The smallest absolute Gasteiger partial charge is 0.191 e. The van der Waals surface area contributed by atoms with E-state index < -0.39 is 0 Å². The Hall–Kier alpha value is -2.30. The molecule has 1 heterocycles. The quantitative estimate of drug-likeness (QED) is 0.663. The van der Waals surface area contributed by atoms with Gasteiger partial charge in [0.05, 0.1) is 12.6 Å². The fraction of sp³-hybridized carbons (Fsp3) is 0.333. The summed E-state index contributed by atoms with van der Waals surface area (Å²) in [6.45, 7) is 4.81. The van der Waals surface area contributed by atoms with Crippen LogP contribution in [0.3, 0.4) is 0 Å². The van der Waals surface area contributed by atoms with Gasteiger partial charge in [-0.05, 0) is 25.0 Å². The maximum absolute atomic E-state index is 4.80. The Bertz CT molecular complexity index is 563. The lowest BCUT2D eigenvalue weighted by Gasteiger charge is -2.19. The highest BCUT2D eigenvalue weighted by Gasteiger charge is 2.09. The summed E-state index contributed by atoms with van der Waals surface area (Å²) in [5.74, 6) is 0.740. The molecular weight excluding hydrogens is 252 g/mol. The first-order chi connectivity index (χ1) is 9.70. The van der Waals surface area contributed by atoms with E-state index in [0.717, 1.165) is 11.7 Å². The number of nitrogens with zero attached hydrogens (tertiary/aromatic N) is 2. The fourth-order valence-electron chi connectivity index (χ4n) is 2.05. The molecule has 0 spiro atoms. The van der Waals surface area contributed by atoms with E-state index in [9.17, 15) is 0 Å². The van der Waals surface area contributed by atoms with Crippen LogP contribution in [0.5, 0.6) is 0 Å². The van der Waals surface area contributed by atoms with Crippen LogP contribution in [0.1, 0.15) is 29.8 Å². The van der Waals surface area contributed by atoms with E-state index in [2.05, 4.69) is 46.8 Å². The van der Waals surface area contributed by atoms with Gasteiger partial charge in [0, 0.05) is 13.1 Å². The highest BCUT2D eigenvalue weighted by Crippen LogP contribution is 2.16. The lowest BCUT2D eigenvalue weighted by atomic mass is 10.0. The van der Waals surface area contributed by atoms with Gasteiger partial charge < -0.3 is 15.2 Å². The van der Waals surface area contributed by atoms with Crippen molar-refractivity contribution < 1.29 is 4.52 Å². The molecule has 106 valence electrons. The molecule has 2 rings (SSSR count). The van der Waals surface area contributed by atoms with Gasteiger partial charge in [-0.2, -0.15) is 0 Å². The number of aromatic nitrogens is 1. The van der Waals surface area contributed by atoms with Crippen molar-refractivity contribution in [1.82, 2.24) is 15.8 Å². The summed E-state index contributed by atoms with van der Waals surface area (Å²) in [4.78, 5) is 4.22. The van der Waals surface area contributed by atoms with Crippen molar-refractivity contribution in [1.29, 1.82) is 0 Å². The molecular formula is C15H20N4O. The SMILES string of the molecule is CN=C(NCc1ccon1)NC(C)c1ccccc1C. The van der Waals surface area contributed by atoms with E-state index in [-0.39, 0.29) is 6.04 Å². The number of rotatable bonds is 4. The van der Waals surface area contributed by atoms with Crippen LogP contribution in [0.2, 0.25) is 0 Å². The molecule has 1 atom stereocenters. The van der Waals surface area contributed by atoms with Gasteiger partial charge >= 0.3 is 0 Å². The monoisotopic (exact) mass is 272 g/mol. The summed E-state index contributed by atoms with van der Waals surface area (Å²) in [7, 11) is 1.75. The minimum Gasteiger partial charge on any atom is -0.364 e. The van der Waals surface area contributed by atoms with Crippen LogP contribution < -0.4 is 10.6 Å². The van der Waals surface area contributed by atoms with Crippen molar-refractivity contribution in [3.63, 3.8) is 0 Å². The van der Waals surface area contributed by atoms with Gasteiger partial charge in [0.1, 0.15) is 12.0 Å². The van der Waals surface area contributed by atoms with E-state index in [4.69, 9.17) is 4.52 Å². The number of aliphatic imine (C=N–C) groups is 1. The zero-order valence-corrected chi connectivity index (χ0v) is 12.1. The molecule has 0 aliphatic carbocycles. The molecule has 0 radical (unpaired) electrons. The summed E-state index contributed by atoms with van der Waals surface area (Å²) in [5.41, 5.74) is 3.37. The fourth-order valence-corrected chi connectivity index (χ4v) is 2.05. The zero-order valence-electron chi connectivity index (χ0n) is 12.1. The first-order valence-corrected chi connectivity index (χ1v) is 6.62. The lowest BCUT2D eigenvalue weighted by Crippen LogP contribution is -2.38. The summed E-state index contributed by atoms with van der Waals surface area (Å²) in [6.07, 6.45) is 1.56. The lowest BCUT2D eigenvalue weighted by molar-refractivity contribution is 0.410. The highest BCUT2D eigenvalue weighted by atomic mass is 16.5. The van der Waals surface area contributed by atoms with Gasteiger partial charge in [-0.25, -0.2) is 0 Å². The molecule has 1 unspecified atom stereocenters. The number of guanidine groups is 1. The van der Waals surface area contributed by atoms with Crippen LogP contribution >= 0.6 is 0 Å². The molecule has 0 aliphatic heterocycles. The summed E-state index contributed by atoms with van der Waals surface area (Å²) >= 11 is 0. The molecule has 0 saturated carbocycles. The summed E-state index contributed by atoms with van der Waals surface area (Å²) in [5, 5.41) is 10.4. The van der Waals surface area contributed by atoms with E-state index >= 15 is 0 Å². The minimum absolute atomic E-state index is 0.180. The molecule has 2 N–H and O–H groups in total. The summed E-state index contributed by atoms with van der Waals surface area (Å²) in [6, 6.07) is 10.3. The number of nitrogens with one attached hydrogen (secondary N) is 2. The first-order valence-electron chi connectivity index (χ1n) is 6.62. The Morgan fingerprint density at radius 1 is 1.35 bits per heavy atom. The molecule has 0 fully saturated rings. The van der Waals surface area contributed by atoms with Crippen molar-refractivity contribution in [2.45, 2.75) is 26.4 Å². The predicted molar refractivity (Wildman–Crippen MR) is 79.4 cm³/mol. The maximum atomic E-state index is 4.80. The highest BCUT2D eigenvalue weighted by molar-refractivity contribution is 5.80. The van der Waals surface area contributed by atoms with E-state index in [1.54, 1.807) is 13.3 Å². The number of hydrogen-bond donors (Lipinski definition) is 2. The van der Waals surface area contributed by atoms with Crippen LogP contribution in [-0.2, 0) is 6.54 Å². The van der Waals surface area contributed by atoms with Crippen LogP contribution in [0, 0.1) is 6.92 Å². The van der Waals surface area contributed by atoms with Gasteiger partial charge in [0.2, 0.25) is 0 Å². The normalized spacial score (nSPS) is 13.1. The molecule has 0 saturated heterocycles. The first kappa shape index (κ1) is 14.1. The van der Waals surface area contributed by atoms with Gasteiger partial charge in [-0.15, -0.1) is 0 Å². The third-order valence-electron chi connectivity index (χ3n) is 3.16. The molecule has 5 heteroatoms. The van der Waals surface area contributed by atoms with E-state index in [1.807, 2.05) is 18.2 Å². The standard InChI is InChI=1S/C15H20N4O/c1-11-6-4-5-7-14(11)12(2)18-15(16-3)17-10-13-8-9-20-19-13/h4-9,12H,10H2,1-3H3,(H2,16,17,18). The average Bonchev–Trinajstić information content (AvgIpc) is 2.97. The third-order valence-corrected chi connectivity index (χ3v) is 3.16. The molecule has 0 bridgehead atoms. The topological polar surface area (TPSA) is 62.5 Å². The van der Waals surface area contributed by atoms with Crippen molar-refractivity contribution >= 4 is 5.96 Å². The molecule has 1 aromatic heterocycles. The summed E-state index contributed by atoms with van der Waals surface area (Å²) < 4.78 is 4.80. The second kappa shape index (κ2) is 6.75. The van der Waals surface area contributed by atoms with E-state index in [1.165, 1.54) is 11.1 Å². The van der Waals surface area contributed by atoms with Gasteiger partial charge in [0.25, 0.3) is 0 Å². The van der Waals surface area contributed by atoms with Crippen molar-refractivity contribution in [2.24, 2.45) is 4.99 Å². The molecule has 5 nitrogen and oxygen atoms in total. The predicted octanol–water partition coefficient (Wildman–Crippen LogP) is 2.41. The Balaban J connectivity index is 1.95. The Morgan fingerprint density at radius 3 is 2.80 bits per heavy atom. The van der Waals surface area contributed by atoms with Crippen LogP contribution in [0.15, 0.2) is 46.1 Å². The van der Waals surface area contributed by atoms with Crippen LogP contribution in [0.4, 0.5) is 0 Å². The molecule has 1 aromatic carbocycles. The maximum Gasteiger partial charge on any atom is 0.191 e. The van der Waals surface area contributed by atoms with Gasteiger partial charge in [-0.1, -0.05) is 29.4 Å². The van der Waals surface area contributed by atoms with Gasteiger partial charge in [-0.3, -0.25) is 4.99 Å². The van der Waals surface area contributed by atoms with Crippen molar-refractivity contribution in [3.05, 3.63) is 53.4 Å². The Kier molecular flexibility index (Phi) is 4.76. The van der Waals surface area contributed by atoms with Gasteiger partial charge in [0.15, 0.2) is 5.96 Å². The number of benzene rings is 1. The average molecular weight is 272 g/mol.